The highest BCUT2D eigenvalue weighted by molar-refractivity contribution is 7.16. The highest BCUT2D eigenvalue weighted by Crippen LogP contribution is 2.31. The minimum absolute atomic E-state index is 0.0709. The maximum absolute atomic E-state index is 12.1. The largest absolute Gasteiger partial charge is 0.391 e. The Hall–Kier alpha value is -1.75. The minimum atomic E-state index is -1.00. The predicted octanol–water partition coefficient (Wildman–Crippen LogP) is -1.24. The number of nitrogens with two attached hydrogens (primary N) is 1. The number of aromatic amines is 1. The van der Waals surface area contributed by atoms with Gasteiger partial charge in [0.2, 0.25) is 5.95 Å². The number of aliphatic hydroxyl groups excluding tert-OH is 2. The topological polar surface area (TPSA) is 143 Å². The lowest BCUT2D eigenvalue weighted by Crippen LogP contribution is -2.28. The van der Waals surface area contributed by atoms with Crippen LogP contribution in [0.2, 0.25) is 0 Å². The van der Waals surface area contributed by atoms with Gasteiger partial charge in [0.15, 0.2) is 11.9 Å². The van der Waals surface area contributed by atoms with Crippen molar-refractivity contribution in [1.82, 2.24) is 14.5 Å². The van der Waals surface area contributed by atoms with Crippen LogP contribution in [0.3, 0.4) is 0 Å². The Morgan fingerprint density at radius 1 is 1.57 bits per heavy atom. The first-order valence-corrected chi connectivity index (χ1v) is 7.12. The third-order valence-electron chi connectivity index (χ3n) is 3.40. The van der Waals surface area contributed by atoms with E-state index in [1.807, 2.05) is 0 Å². The highest BCUT2D eigenvalue weighted by atomic mass is 32.1. The Morgan fingerprint density at radius 2 is 2.29 bits per heavy atom. The van der Waals surface area contributed by atoms with E-state index in [0.717, 1.165) is 4.57 Å². The molecule has 4 atom stereocenters. The molecule has 1 aliphatic heterocycles. The van der Waals surface area contributed by atoms with E-state index in [1.165, 1.54) is 6.92 Å². The van der Waals surface area contributed by atoms with Gasteiger partial charge >= 0.3 is 4.87 Å². The van der Waals surface area contributed by atoms with E-state index in [0.29, 0.717) is 11.3 Å². The van der Waals surface area contributed by atoms with Crippen molar-refractivity contribution in [2.24, 2.45) is 0 Å². The summed E-state index contributed by atoms with van der Waals surface area (Å²) in [6.45, 7) is 1.54. The van der Waals surface area contributed by atoms with E-state index < -0.39 is 35.0 Å². The van der Waals surface area contributed by atoms with Crippen LogP contribution in [0.25, 0.3) is 10.3 Å². The molecule has 0 radical (unpaired) electrons. The molecule has 1 saturated heterocycles. The first-order chi connectivity index (χ1) is 9.88. The average molecular weight is 314 g/mol. The first-order valence-electron chi connectivity index (χ1n) is 6.31. The Morgan fingerprint density at radius 3 is 2.90 bits per heavy atom. The lowest BCUT2D eigenvalue weighted by atomic mass is 10.1. The van der Waals surface area contributed by atoms with Gasteiger partial charge in [0.05, 0.1) is 12.2 Å². The summed E-state index contributed by atoms with van der Waals surface area (Å²) in [5.74, 6) is -0.126. The summed E-state index contributed by atoms with van der Waals surface area (Å²) in [6.07, 6.45) is -3.18. The summed E-state index contributed by atoms with van der Waals surface area (Å²) in [6, 6.07) is 0. The van der Waals surface area contributed by atoms with E-state index >= 15 is 0 Å². The maximum atomic E-state index is 12.1. The van der Waals surface area contributed by atoms with Crippen LogP contribution >= 0.6 is 11.3 Å². The van der Waals surface area contributed by atoms with E-state index in [2.05, 4.69) is 9.97 Å². The molecule has 1 fully saturated rings. The molecule has 0 aromatic carbocycles. The van der Waals surface area contributed by atoms with Crippen molar-refractivity contribution < 1.29 is 14.9 Å². The lowest BCUT2D eigenvalue weighted by Gasteiger charge is -2.17. The zero-order valence-corrected chi connectivity index (χ0v) is 11.8. The van der Waals surface area contributed by atoms with Crippen molar-refractivity contribution in [2.45, 2.75) is 37.9 Å². The second kappa shape index (κ2) is 4.91. The second-order valence-corrected chi connectivity index (χ2v) is 5.91. The molecule has 0 bridgehead atoms. The molecule has 0 amide bonds. The number of fused-ring (bicyclic) bond motifs is 1. The number of rotatable bonds is 2. The van der Waals surface area contributed by atoms with E-state index in [4.69, 9.17) is 10.5 Å². The summed E-state index contributed by atoms with van der Waals surface area (Å²) in [4.78, 5) is 29.7. The molecular weight excluding hydrogens is 300 g/mol. The number of hydrogen-bond acceptors (Lipinski definition) is 8. The van der Waals surface area contributed by atoms with Crippen LogP contribution in [0.15, 0.2) is 9.59 Å². The standard InChI is InChI=1S/C11H14N4O5S/c1-3(16)5-2-4(17)9(20-5)15-7-6(21-11(15)19)8(18)14-10(12)13-7/h3-5,9,16-17H,2H2,1H3,(H3,12,13,14,18)/t3?,4-,5+,9-/m1/s1. The number of thiazole rings is 1. The van der Waals surface area contributed by atoms with Gasteiger partial charge in [0.25, 0.3) is 5.56 Å². The zero-order chi connectivity index (χ0) is 15.3. The monoisotopic (exact) mass is 314 g/mol. The smallest absolute Gasteiger partial charge is 0.311 e. The quantitative estimate of drug-likeness (QED) is 0.542. The number of anilines is 1. The summed E-state index contributed by atoms with van der Waals surface area (Å²) in [5, 5.41) is 19.6. The van der Waals surface area contributed by atoms with Crippen molar-refractivity contribution in [3.63, 3.8) is 0 Å². The van der Waals surface area contributed by atoms with E-state index in [1.54, 1.807) is 0 Å². The molecule has 3 heterocycles. The lowest BCUT2D eigenvalue weighted by molar-refractivity contribution is -0.0701. The number of H-pyrrole nitrogens is 1. The number of nitrogens with zero attached hydrogens (tertiary/aromatic N) is 2. The van der Waals surface area contributed by atoms with E-state index in [-0.39, 0.29) is 22.7 Å². The number of aliphatic hydroxyl groups is 2. The molecule has 114 valence electrons. The normalized spacial score (nSPS) is 27.3. The number of ether oxygens (including phenoxy) is 1. The van der Waals surface area contributed by atoms with Gasteiger partial charge in [0, 0.05) is 6.42 Å². The van der Waals surface area contributed by atoms with Crippen LogP contribution in [0, 0.1) is 0 Å². The molecule has 5 N–H and O–H groups in total. The van der Waals surface area contributed by atoms with Gasteiger partial charge in [-0.3, -0.25) is 19.1 Å². The van der Waals surface area contributed by atoms with Gasteiger partial charge in [-0.25, -0.2) is 0 Å². The van der Waals surface area contributed by atoms with Gasteiger partial charge in [0.1, 0.15) is 10.8 Å². The molecule has 1 aliphatic rings. The second-order valence-electron chi connectivity index (χ2n) is 4.95. The van der Waals surface area contributed by atoms with Gasteiger partial charge in [-0.1, -0.05) is 11.3 Å². The van der Waals surface area contributed by atoms with Gasteiger partial charge < -0.3 is 20.7 Å². The third kappa shape index (κ3) is 2.25. The average Bonchev–Trinajstić information content (AvgIpc) is 2.90. The summed E-state index contributed by atoms with van der Waals surface area (Å²) in [7, 11) is 0. The van der Waals surface area contributed by atoms with Crippen LogP contribution in [0.1, 0.15) is 19.6 Å². The van der Waals surface area contributed by atoms with Crippen LogP contribution in [-0.2, 0) is 4.74 Å². The number of nitrogen functional groups attached to an aromatic ring is 1. The van der Waals surface area contributed by atoms with Crippen LogP contribution in [-0.4, -0.2) is 43.1 Å². The molecular formula is C11H14N4O5S. The number of hydrogen-bond donors (Lipinski definition) is 4. The molecule has 2 aromatic rings. The van der Waals surface area contributed by atoms with Crippen molar-refractivity contribution in [3.05, 3.63) is 20.0 Å². The molecule has 3 rings (SSSR count). The Balaban J connectivity index is 2.15. The molecule has 0 aliphatic carbocycles. The molecule has 10 heteroatoms. The Labute approximate surface area is 121 Å². The number of nitrogens with one attached hydrogen (secondary N) is 1. The van der Waals surface area contributed by atoms with Crippen molar-refractivity contribution in [1.29, 1.82) is 0 Å². The van der Waals surface area contributed by atoms with E-state index in [9.17, 15) is 19.8 Å². The fraction of sp³-hybridized carbons (Fsp3) is 0.545. The van der Waals surface area contributed by atoms with Crippen molar-refractivity contribution in [3.8, 4) is 0 Å². The molecule has 9 nitrogen and oxygen atoms in total. The zero-order valence-electron chi connectivity index (χ0n) is 11.0. The fourth-order valence-electron chi connectivity index (χ4n) is 2.39. The number of aromatic nitrogens is 3. The maximum Gasteiger partial charge on any atom is 0.311 e. The van der Waals surface area contributed by atoms with Crippen LogP contribution in [0.5, 0.6) is 0 Å². The van der Waals surface area contributed by atoms with Gasteiger partial charge in [-0.2, -0.15) is 4.98 Å². The van der Waals surface area contributed by atoms with Gasteiger partial charge in [-0.05, 0) is 6.92 Å². The van der Waals surface area contributed by atoms with Crippen LogP contribution in [0.4, 0.5) is 5.95 Å². The first kappa shape index (κ1) is 14.2. The predicted molar refractivity (Wildman–Crippen MR) is 75.1 cm³/mol. The Kier molecular flexibility index (Phi) is 3.32. The van der Waals surface area contributed by atoms with Crippen molar-refractivity contribution in [2.75, 3.05) is 5.73 Å². The summed E-state index contributed by atoms with van der Waals surface area (Å²) < 4.78 is 6.75. The van der Waals surface area contributed by atoms with Gasteiger partial charge in [-0.15, -0.1) is 0 Å². The minimum Gasteiger partial charge on any atom is -0.391 e. The summed E-state index contributed by atoms with van der Waals surface area (Å²) >= 11 is 0.705. The SMILES string of the molecule is CC(O)[C@@H]1C[C@@H](O)[C@H](n2c(=O)sc3c(=O)[nH]c(N)nc32)O1. The highest BCUT2D eigenvalue weighted by Gasteiger charge is 2.39. The molecule has 21 heavy (non-hydrogen) atoms. The molecule has 1 unspecified atom stereocenters. The van der Waals surface area contributed by atoms with Crippen LogP contribution < -0.4 is 16.2 Å². The third-order valence-corrected chi connectivity index (χ3v) is 4.34. The van der Waals surface area contributed by atoms with Crippen molar-refractivity contribution >= 4 is 27.6 Å². The molecule has 2 aromatic heterocycles. The fourth-order valence-corrected chi connectivity index (χ4v) is 3.24. The Bertz CT molecular complexity index is 794. The molecule has 0 saturated carbocycles. The molecule has 0 spiro atoms. The summed E-state index contributed by atoms with van der Waals surface area (Å²) in [5.41, 5.74) is 5.05.